The number of nitrogens with zero attached hydrogens (tertiary/aromatic N) is 1. The zero-order valence-electron chi connectivity index (χ0n) is 12.7. The third-order valence-electron chi connectivity index (χ3n) is 4.87. The summed E-state index contributed by atoms with van der Waals surface area (Å²) in [5.74, 6) is -0.423. The summed E-state index contributed by atoms with van der Waals surface area (Å²) in [5.41, 5.74) is 0.660. The van der Waals surface area contributed by atoms with Crippen LogP contribution in [-0.4, -0.2) is 17.1 Å². The van der Waals surface area contributed by atoms with Crippen LogP contribution < -0.4 is 4.90 Å². The zero-order valence-corrected chi connectivity index (χ0v) is 13.6. The van der Waals surface area contributed by atoms with Crippen molar-refractivity contribution in [1.29, 1.82) is 0 Å². The molecule has 4 heteroatoms. The van der Waals surface area contributed by atoms with Crippen LogP contribution in [0.3, 0.4) is 0 Å². The van der Waals surface area contributed by atoms with Crippen LogP contribution in [0.15, 0.2) is 54.6 Å². The molecular weight excluding hydrogens is 318 g/mol. The highest BCUT2D eigenvalue weighted by molar-refractivity contribution is 7.82. The molecular formula is C20H13NO2S. The molecule has 0 saturated carbocycles. The molecule has 116 valence electrons. The zero-order chi connectivity index (χ0) is 16.4. The number of carbonyl (C=O) groups excluding carboxylic acids is 2. The Labute approximate surface area is 143 Å². The molecule has 0 aliphatic carbocycles. The maximum absolute atomic E-state index is 12.4. The van der Waals surface area contributed by atoms with Gasteiger partial charge in [-0.15, -0.1) is 0 Å². The van der Waals surface area contributed by atoms with Crippen LogP contribution in [0.1, 0.15) is 6.42 Å². The molecule has 1 aliphatic heterocycles. The molecule has 24 heavy (non-hydrogen) atoms. The Hall–Kier alpha value is -2.59. The summed E-state index contributed by atoms with van der Waals surface area (Å²) in [5, 5.41) is 6.10. The van der Waals surface area contributed by atoms with Gasteiger partial charge in [0.2, 0.25) is 11.8 Å². The average Bonchev–Trinajstić information content (AvgIpc) is 2.85. The third-order valence-corrected chi connectivity index (χ3v) is 5.27. The molecule has 0 spiro atoms. The Morgan fingerprint density at radius 3 is 2.12 bits per heavy atom. The van der Waals surface area contributed by atoms with Gasteiger partial charge >= 0.3 is 0 Å². The number of carbonyl (C=O) groups is 2. The van der Waals surface area contributed by atoms with E-state index in [9.17, 15) is 9.59 Å². The highest BCUT2D eigenvalue weighted by Gasteiger charge is 2.38. The Bertz CT molecular complexity index is 1130. The first-order valence-electron chi connectivity index (χ1n) is 7.86. The quantitative estimate of drug-likeness (QED) is 0.323. The van der Waals surface area contributed by atoms with Crippen molar-refractivity contribution in [3.05, 3.63) is 54.6 Å². The minimum Gasteiger partial charge on any atom is -0.274 e. The largest absolute Gasteiger partial charge is 0.274 e. The van der Waals surface area contributed by atoms with Gasteiger partial charge in [-0.1, -0.05) is 48.5 Å². The summed E-state index contributed by atoms with van der Waals surface area (Å²) >= 11 is 4.23. The van der Waals surface area contributed by atoms with E-state index in [4.69, 9.17) is 0 Å². The smallest absolute Gasteiger partial charge is 0.247 e. The van der Waals surface area contributed by atoms with E-state index in [-0.39, 0.29) is 18.2 Å². The lowest BCUT2D eigenvalue weighted by atomic mass is 9.93. The van der Waals surface area contributed by atoms with Gasteiger partial charge in [0.15, 0.2) is 0 Å². The van der Waals surface area contributed by atoms with Gasteiger partial charge in [-0.05, 0) is 33.0 Å². The third kappa shape index (κ3) is 1.69. The van der Waals surface area contributed by atoms with Crippen molar-refractivity contribution in [3.63, 3.8) is 0 Å². The van der Waals surface area contributed by atoms with Crippen molar-refractivity contribution < 1.29 is 9.59 Å². The van der Waals surface area contributed by atoms with E-state index in [1.165, 1.54) is 10.3 Å². The van der Waals surface area contributed by atoms with Gasteiger partial charge in [-0.25, -0.2) is 4.90 Å². The number of imide groups is 1. The lowest BCUT2D eigenvalue weighted by Gasteiger charge is -2.19. The van der Waals surface area contributed by atoms with E-state index in [0.29, 0.717) is 5.69 Å². The first-order valence-corrected chi connectivity index (χ1v) is 8.38. The van der Waals surface area contributed by atoms with Crippen molar-refractivity contribution in [3.8, 4) is 0 Å². The van der Waals surface area contributed by atoms with Crippen molar-refractivity contribution >= 4 is 62.4 Å². The Morgan fingerprint density at radius 1 is 0.833 bits per heavy atom. The standard InChI is InChI=1S/C20H13NO2S/c22-17-10-16(24)20(23)21(17)15-9-7-13-5-4-11-2-1-3-12-6-8-14(15)19(13)18(11)12/h1-9,16,24H,10H2. The molecule has 1 atom stereocenters. The lowest BCUT2D eigenvalue weighted by Crippen LogP contribution is -2.30. The fraction of sp³-hybridized carbons (Fsp3) is 0.100. The normalized spacial score (nSPS) is 18.5. The number of amides is 2. The van der Waals surface area contributed by atoms with E-state index >= 15 is 0 Å². The lowest BCUT2D eigenvalue weighted by molar-refractivity contribution is -0.121. The van der Waals surface area contributed by atoms with Crippen molar-refractivity contribution in [1.82, 2.24) is 0 Å². The van der Waals surface area contributed by atoms with Gasteiger partial charge in [-0.2, -0.15) is 12.6 Å². The molecule has 0 bridgehead atoms. The van der Waals surface area contributed by atoms with Gasteiger partial charge in [-0.3, -0.25) is 9.59 Å². The number of hydrogen-bond acceptors (Lipinski definition) is 3. The molecule has 0 aromatic heterocycles. The van der Waals surface area contributed by atoms with Crippen LogP contribution in [0, 0.1) is 0 Å². The Kier molecular flexibility index (Phi) is 2.71. The Morgan fingerprint density at radius 2 is 1.46 bits per heavy atom. The predicted octanol–water partition coefficient (Wildman–Crippen LogP) is 4.15. The minimum absolute atomic E-state index is 0.157. The average molecular weight is 331 g/mol. The van der Waals surface area contributed by atoms with E-state index in [1.54, 1.807) is 0 Å². The van der Waals surface area contributed by atoms with Crippen molar-refractivity contribution in [2.24, 2.45) is 0 Å². The molecule has 1 saturated heterocycles. The van der Waals surface area contributed by atoms with Gasteiger partial charge in [0.05, 0.1) is 10.9 Å². The molecule has 1 unspecified atom stereocenters. The predicted molar refractivity (Wildman–Crippen MR) is 100 cm³/mol. The van der Waals surface area contributed by atoms with E-state index < -0.39 is 5.25 Å². The maximum atomic E-state index is 12.4. The second-order valence-corrected chi connectivity index (χ2v) is 6.85. The van der Waals surface area contributed by atoms with Crippen molar-refractivity contribution in [2.45, 2.75) is 11.7 Å². The molecule has 3 nitrogen and oxygen atoms in total. The monoisotopic (exact) mass is 331 g/mol. The topological polar surface area (TPSA) is 37.4 Å². The van der Waals surface area contributed by atoms with E-state index in [1.807, 2.05) is 24.3 Å². The van der Waals surface area contributed by atoms with Gasteiger partial charge in [0, 0.05) is 11.8 Å². The number of rotatable bonds is 1. The highest BCUT2D eigenvalue weighted by Crippen LogP contribution is 2.40. The summed E-state index contributed by atoms with van der Waals surface area (Å²) in [4.78, 5) is 26.0. The molecule has 1 aliphatic rings. The molecule has 2 amide bonds. The Balaban J connectivity index is 1.91. The molecule has 0 radical (unpaired) electrons. The van der Waals surface area contributed by atoms with Crippen LogP contribution >= 0.6 is 12.6 Å². The number of anilines is 1. The van der Waals surface area contributed by atoms with Crippen LogP contribution in [0.2, 0.25) is 0 Å². The van der Waals surface area contributed by atoms with E-state index in [2.05, 4.69) is 43.0 Å². The minimum atomic E-state index is -0.545. The fourth-order valence-corrected chi connectivity index (χ4v) is 4.06. The van der Waals surface area contributed by atoms with Gasteiger partial charge < -0.3 is 0 Å². The molecule has 1 heterocycles. The van der Waals surface area contributed by atoms with Gasteiger partial charge in [0.25, 0.3) is 0 Å². The molecule has 4 aromatic carbocycles. The summed E-state index contributed by atoms with van der Waals surface area (Å²) < 4.78 is 0. The second-order valence-electron chi connectivity index (χ2n) is 6.23. The van der Waals surface area contributed by atoms with Crippen LogP contribution in [-0.2, 0) is 9.59 Å². The first kappa shape index (κ1) is 13.8. The molecule has 1 fully saturated rings. The second kappa shape index (κ2) is 4.71. The number of hydrogen-bond donors (Lipinski definition) is 1. The van der Waals surface area contributed by atoms with Crippen molar-refractivity contribution in [2.75, 3.05) is 4.90 Å². The summed E-state index contributed by atoms with van der Waals surface area (Å²) in [6.45, 7) is 0. The van der Waals surface area contributed by atoms with Gasteiger partial charge in [0.1, 0.15) is 0 Å². The molecule has 5 rings (SSSR count). The van der Waals surface area contributed by atoms with E-state index in [0.717, 1.165) is 26.9 Å². The number of thiol groups is 1. The SMILES string of the molecule is O=C1CC(S)C(=O)N1c1ccc2ccc3cccc4ccc1c2c34. The van der Waals surface area contributed by atoms with Crippen LogP contribution in [0.25, 0.3) is 32.3 Å². The summed E-state index contributed by atoms with van der Waals surface area (Å²) in [6, 6.07) is 18.3. The summed E-state index contributed by atoms with van der Waals surface area (Å²) in [6.07, 6.45) is 0.157. The first-order chi connectivity index (χ1) is 11.6. The maximum Gasteiger partial charge on any atom is 0.247 e. The highest BCUT2D eigenvalue weighted by atomic mass is 32.1. The van der Waals surface area contributed by atoms with Crippen LogP contribution in [0.4, 0.5) is 5.69 Å². The fourth-order valence-electron chi connectivity index (χ4n) is 3.78. The molecule has 0 N–H and O–H groups in total. The summed E-state index contributed by atoms with van der Waals surface area (Å²) in [7, 11) is 0. The molecule has 4 aromatic rings. The number of benzene rings is 4. The van der Waals surface area contributed by atoms with Crippen LogP contribution in [0.5, 0.6) is 0 Å².